The summed E-state index contributed by atoms with van der Waals surface area (Å²) in [4.78, 5) is 29.2. The molecule has 1 aliphatic rings. The second-order valence-electron chi connectivity index (χ2n) is 7.54. The van der Waals surface area contributed by atoms with Crippen molar-refractivity contribution in [3.05, 3.63) is 35.9 Å². The van der Waals surface area contributed by atoms with Crippen molar-refractivity contribution in [2.45, 2.75) is 6.42 Å². The van der Waals surface area contributed by atoms with E-state index in [0.29, 0.717) is 46.5 Å². The van der Waals surface area contributed by atoms with Crippen LogP contribution in [-0.4, -0.2) is 71.8 Å². The van der Waals surface area contributed by atoms with Crippen molar-refractivity contribution < 1.29 is 28.5 Å². The first kappa shape index (κ1) is 23.2. The van der Waals surface area contributed by atoms with Crippen LogP contribution in [0, 0.1) is 0 Å². The summed E-state index contributed by atoms with van der Waals surface area (Å²) in [7, 11) is 8.47. The van der Waals surface area contributed by atoms with E-state index in [4.69, 9.17) is 18.9 Å². The number of carbonyl (C=O) groups excluding carboxylic acids is 2. The molecule has 2 aromatic rings. The summed E-state index contributed by atoms with van der Waals surface area (Å²) in [5.41, 5.74) is 1.52. The van der Waals surface area contributed by atoms with E-state index in [1.54, 1.807) is 35.2 Å². The van der Waals surface area contributed by atoms with E-state index in [1.165, 1.54) is 21.3 Å². The zero-order chi connectivity index (χ0) is 23.3. The molecule has 1 heterocycles. The predicted octanol–water partition coefficient (Wildman–Crippen LogP) is 2.64. The summed E-state index contributed by atoms with van der Waals surface area (Å²) in [6, 6.07) is 8.40. The third-order valence-corrected chi connectivity index (χ3v) is 5.07. The van der Waals surface area contributed by atoms with Gasteiger partial charge < -0.3 is 34.1 Å². The molecule has 0 aromatic heterocycles. The maximum atomic E-state index is 12.9. The number of anilines is 2. The zero-order valence-electron chi connectivity index (χ0n) is 19.1. The average Bonchev–Trinajstić information content (AvgIpc) is 2.79. The molecule has 0 spiro atoms. The Morgan fingerprint density at radius 1 is 1.09 bits per heavy atom. The molecule has 0 saturated heterocycles. The fourth-order valence-electron chi connectivity index (χ4n) is 3.49. The van der Waals surface area contributed by atoms with Gasteiger partial charge in [-0.15, -0.1) is 0 Å². The van der Waals surface area contributed by atoms with Crippen molar-refractivity contribution in [1.29, 1.82) is 0 Å². The fourth-order valence-corrected chi connectivity index (χ4v) is 3.49. The van der Waals surface area contributed by atoms with Crippen LogP contribution >= 0.6 is 0 Å². The van der Waals surface area contributed by atoms with Crippen LogP contribution < -0.4 is 29.2 Å². The number of amides is 2. The van der Waals surface area contributed by atoms with E-state index in [-0.39, 0.29) is 18.4 Å². The smallest absolute Gasteiger partial charge is 0.265 e. The number of methoxy groups -OCH3 is 3. The van der Waals surface area contributed by atoms with E-state index < -0.39 is 0 Å². The Hall–Kier alpha value is -3.46. The highest BCUT2D eigenvalue weighted by Crippen LogP contribution is 2.39. The number of hydrogen-bond acceptors (Lipinski definition) is 7. The number of nitrogens with one attached hydrogen (secondary N) is 1. The van der Waals surface area contributed by atoms with Gasteiger partial charge in [0.1, 0.15) is 5.75 Å². The quantitative estimate of drug-likeness (QED) is 0.637. The van der Waals surface area contributed by atoms with Gasteiger partial charge in [-0.25, -0.2) is 0 Å². The van der Waals surface area contributed by atoms with Crippen molar-refractivity contribution in [2.24, 2.45) is 0 Å². The van der Waals surface area contributed by atoms with E-state index in [2.05, 4.69) is 10.2 Å². The van der Waals surface area contributed by atoms with Crippen LogP contribution in [0.15, 0.2) is 30.3 Å². The Bertz CT molecular complexity index is 967. The number of carbonyl (C=O) groups is 2. The minimum atomic E-state index is -0.355. The molecule has 0 saturated carbocycles. The first-order chi connectivity index (χ1) is 15.4. The third kappa shape index (κ3) is 5.05. The molecule has 9 heteroatoms. The van der Waals surface area contributed by atoms with Gasteiger partial charge in [0.2, 0.25) is 5.75 Å². The van der Waals surface area contributed by atoms with Gasteiger partial charge in [-0.1, -0.05) is 0 Å². The molecule has 2 amide bonds. The molecule has 0 atom stereocenters. The molecule has 1 N–H and O–H groups in total. The Morgan fingerprint density at radius 2 is 1.78 bits per heavy atom. The van der Waals surface area contributed by atoms with E-state index >= 15 is 0 Å². The lowest BCUT2D eigenvalue weighted by Crippen LogP contribution is -2.40. The summed E-state index contributed by atoms with van der Waals surface area (Å²) in [5, 5.41) is 2.87. The van der Waals surface area contributed by atoms with Crippen LogP contribution in [0.1, 0.15) is 16.8 Å². The first-order valence-corrected chi connectivity index (χ1v) is 10.2. The zero-order valence-corrected chi connectivity index (χ0v) is 19.1. The molecule has 172 valence electrons. The maximum absolute atomic E-state index is 12.9. The molecule has 0 unspecified atom stereocenters. The largest absolute Gasteiger partial charge is 0.493 e. The third-order valence-electron chi connectivity index (χ3n) is 5.07. The van der Waals surface area contributed by atoms with Gasteiger partial charge >= 0.3 is 0 Å². The van der Waals surface area contributed by atoms with E-state index in [1.807, 2.05) is 14.1 Å². The van der Waals surface area contributed by atoms with Gasteiger partial charge in [0, 0.05) is 17.8 Å². The first-order valence-electron chi connectivity index (χ1n) is 10.2. The molecule has 0 fully saturated rings. The van der Waals surface area contributed by atoms with Gasteiger partial charge in [-0.2, -0.15) is 0 Å². The average molecular weight is 444 g/mol. The van der Waals surface area contributed by atoms with Crippen molar-refractivity contribution >= 4 is 23.2 Å². The van der Waals surface area contributed by atoms with Crippen LogP contribution in [0.25, 0.3) is 0 Å². The van der Waals surface area contributed by atoms with Crippen LogP contribution in [0.2, 0.25) is 0 Å². The Labute approximate surface area is 187 Å². The molecule has 0 radical (unpaired) electrons. The summed E-state index contributed by atoms with van der Waals surface area (Å²) < 4.78 is 21.5. The number of fused-ring (bicyclic) bond motifs is 1. The highest BCUT2D eigenvalue weighted by Gasteiger charge is 2.26. The predicted molar refractivity (Wildman–Crippen MR) is 122 cm³/mol. The normalized spacial score (nSPS) is 12.8. The Kier molecular flexibility index (Phi) is 7.42. The van der Waals surface area contributed by atoms with Gasteiger partial charge in [0.15, 0.2) is 18.1 Å². The molecule has 0 aliphatic carbocycles. The van der Waals surface area contributed by atoms with E-state index in [0.717, 1.165) is 13.0 Å². The van der Waals surface area contributed by atoms with Crippen LogP contribution in [-0.2, 0) is 4.79 Å². The topological polar surface area (TPSA) is 89.6 Å². The lowest BCUT2D eigenvalue weighted by Gasteiger charge is -2.30. The molecule has 2 aromatic carbocycles. The summed E-state index contributed by atoms with van der Waals surface area (Å²) in [5.74, 6) is 1.32. The lowest BCUT2D eigenvalue weighted by atomic mass is 10.1. The lowest BCUT2D eigenvalue weighted by molar-refractivity contribution is -0.121. The minimum Gasteiger partial charge on any atom is -0.493 e. The maximum Gasteiger partial charge on any atom is 0.265 e. The SMILES string of the molecule is COc1cc(C(=O)Nc2ccc3c(c2)N(CCCN(C)C)C(=O)CO3)cc(OC)c1OC. The molecule has 32 heavy (non-hydrogen) atoms. The second kappa shape index (κ2) is 10.2. The van der Waals surface area contributed by atoms with E-state index in [9.17, 15) is 9.59 Å². The summed E-state index contributed by atoms with van der Waals surface area (Å²) in [6.45, 7) is 1.43. The standard InChI is InChI=1S/C23H29N3O6/c1-25(2)9-6-10-26-17-13-16(7-8-18(17)32-14-21(26)27)24-23(28)15-11-19(29-3)22(31-5)20(12-15)30-4/h7-8,11-13H,6,9-10,14H2,1-5H3,(H,24,28). The molecule has 3 rings (SSSR count). The monoisotopic (exact) mass is 443 g/mol. The van der Waals surface area contributed by atoms with Crippen molar-refractivity contribution in [1.82, 2.24) is 4.90 Å². The summed E-state index contributed by atoms with van der Waals surface area (Å²) >= 11 is 0. The minimum absolute atomic E-state index is 0.00606. The van der Waals surface area contributed by atoms with Crippen molar-refractivity contribution in [3.63, 3.8) is 0 Å². The van der Waals surface area contributed by atoms with Crippen molar-refractivity contribution in [3.8, 4) is 23.0 Å². The van der Waals surface area contributed by atoms with Crippen LogP contribution in [0.5, 0.6) is 23.0 Å². The molecule has 0 bridgehead atoms. The van der Waals surface area contributed by atoms with Crippen LogP contribution in [0.3, 0.4) is 0 Å². The van der Waals surface area contributed by atoms with Gasteiger partial charge in [0.25, 0.3) is 11.8 Å². The number of benzene rings is 2. The highest BCUT2D eigenvalue weighted by molar-refractivity contribution is 6.06. The van der Waals surface area contributed by atoms with Gasteiger partial charge in [-0.05, 0) is 57.4 Å². The molecule has 1 aliphatic heterocycles. The highest BCUT2D eigenvalue weighted by atomic mass is 16.5. The molecule has 9 nitrogen and oxygen atoms in total. The molecular formula is C23H29N3O6. The van der Waals surface area contributed by atoms with Gasteiger partial charge in [-0.3, -0.25) is 9.59 Å². The number of rotatable bonds is 9. The Morgan fingerprint density at radius 3 is 2.38 bits per heavy atom. The number of ether oxygens (including phenoxy) is 4. The van der Waals surface area contributed by atoms with Gasteiger partial charge in [0.05, 0.1) is 27.0 Å². The number of nitrogens with zero attached hydrogens (tertiary/aromatic N) is 2. The van der Waals surface area contributed by atoms with Crippen molar-refractivity contribution in [2.75, 3.05) is 65.3 Å². The summed E-state index contributed by atoms with van der Waals surface area (Å²) in [6.07, 6.45) is 0.820. The van der Waals surface area contributed by atoms with Crippen LogP contribution in [0.4, 0.5) is 11.4 Å². The molecular weight excluding hydrogens is 414 g/mol. The number of hydrogen-bond donors (Lipinski definition) is 1. The Balaban J connectivity index is 1.84. The fraction of sp³-hybridized carbons (Fsp3) is 0.391. The second-order valence-corrected chi connectivity index (χ2v) is 7.54.